The van der Waals surface area contributed by atoms with Gasteiger partial charge in [0.05, 0.1) is 37.7 Å². The summed E-state index contributed by atoms with van der Waals surface area (Å²) in [5.41, 5.74) is 8.92. The summed E-state index contributed by atoms with van der Waals surface area (Å²) in [4.78, 5) is 56.6. The molecule has 0 aromatic heterocycles. The molecule has 0 saturated heterocycles. The molecule has 0 bridgehead atoms. The van der Waals surface area contributed by atoms with Crippen molar-refractivity contribution in [1.29, 1.82) is 0 Å². The van der Waals surface area contributed by atoms with Crippen LogP contribution in [0.3, 0.4) is 0 Å². The largest absolute Gasteiger partial charge is 0.493 e. The van der Waals surface area contributed by atoms with Crippen molar-refractivity contribution in [2.45, 2.75) is 39.3 Å². The number of nitrogens with zero attached hydrogens (tertiary/aromatic N) is 1. The maximum Gasteiger partial charge on any atom is 0.334 e. The van der Waals surface area contributed by atoms with Gasteiger partial charge in [-0.1, -0.05) is 38.1 Å². The van der Waals surface area contributed by atoms with E-state index in [4.69, 9.17) is 20.0 Å². The second-order valence-electron chi connectivity index (χ2n) is 8.18. The highest BCUT2D eigenvalue weighted by Gasteiger charge is 2.45. The van der Waals surface area contributed by atoms with Crippen LogP contribution in [0.25, 0.3) is 0 Å². The Morgan fingerprint density at radius 1 is 1.20 bits per heavy atom. The molecule has 35 heavy (non-hydrogen) atoms. The van der Waals surface area contributed by atoms with Crippen LogP contribution in [0.4, 0.5) is 0 Å². The molecule has 1 aliphatic heterocycles. The second kappa shape index (κ2) is 10.9. The zero-order chi connectivity index (χ0) is 25.7. The maximum absolute atomic E-state index is 13.4. The molecular formula is C25H28N3O7. The molecular weight excluding hydrogens is 454 g/mol. The molecule has 3 amide bonds. The number of carbonyl (C=O) groups is 4. The average molecular weight is 483 g/mol. The van der Waals surface area contributed by atoms with E-state index in [-0.39, 0.29) is 12.0 Å². The van der Waals surface area contributed by atoms with Crippen molar-refractivity contribution in [1.82, 2.24) is 10.4 Å². The van der Waals surface area contributed by atoms with Crippen LogP contribution in [0, 0.1) is 12.0 Å². The van der Waals surface area contributed by atoms with E-state index < -0.39 is 41.7 Å². The predicted octanol–water partition coefficient (Wildman–Crippen LogP) is 2.24. The van der Waals surface area contributed by atoms with Crippen LogP contribution in [0.2, 0.25) is 0 Å². The predicted molar refractivity (Wildman–Crippen MR) is 124 cm³/mol. The number of amides is 3. The lowest BCUT2D eigenvalue weighted by Crippen LogP contribution is -2.41. The van der Waals surface area contributed by atoms with Gasteiger partial charge in [0.15, 0.2) is 11.5 Å². The van der Waals surface area contributed by atoms with Crippen molar-refractivity contribution in [3.63, 3.8) is 0 Å². The topological polar surface area (TPSA) is 137 Å². The number of carbonyl (C=O) groups excluding carboxylic acids is 4. The molecule has 2 aromatic rings. The number of nitrogens with two attached hydrogens (primary N) is 1. The fraction of sp³-hybridized carbons (Fsp3) is 0.360. The molecule has 3 rings (SSSR count). The highest BCUT2D eigenvalue weighted by molar-refractivity contribution is 6.04. The van der Waals surface area contributed by atoms with Crippen molar-refractivity contribution < 1.29 is 33.5 Å². The number of primary amides is 1. The summed E-state index contributed by atoms with van der Waals surface area (Å²) in [5.74, 6) is -2.15. The van der Waals surface area contributed by atoms with Crippen LogP contribution in [0.1, 0.15) is 60.8 Å². The Morgan fingerprint density at radius 2 is 1.94 bits per heavy atom. The lowest BCUT2D eigenvalue weighted by atomic mass is 9.98. The van der Waals surface area contributed by atoms with Crippen molar-refractivity contribution in [3.05, 3.63) is 59.2 Å². The number of nitrogens with one attached hydrogen (secondary N) is 1. The SMILES string of the molecule is CCOc1cc(C(CC(=O)NOC(=O)C(C)C)N2C(=O)c3[c]cccc3C2C(N)=O)ccc1OC. The summed E-state index contributed by atoms with van der Waals surface area (Å²) in [6.07, 6.45) is -0.327. The number of methoxy groups -OCH3 is 1. The van der Waals surface area contributed by atoms with E-state index >= 15 is 0 Å². The average Bonchev–Trinajstić information content (AvgIpc) is 3.13. The van der Waals surface area contributed by atoms with Crippen molar-refractivity contribution in [2.24, 2.45) is 11.7 Å². The lowest BCUT2D eigenvalue weighted by molar-refractivity contribution is -0.161. The molecule has 2 aromatic carbocycles. The third kappa shape index (κ3) is 5.37. The van der Waals surface area contributed by atoms with E-state index in [0.717, 1.165) is 0 Å². The van der Waals surface area contributed by atoms with Crippen molar-refractivity contribution in [3.8, 4) is 11.5 Å². The Labute approximate surface area is 203 Å². The van der Waals surface area contributed by atoms with Gasteiger partial charge in [-0.25, -0.2) is 4.79 Å². The molecule has 1 aliphatic rings. The minimum Gasteiger partial charge on any atom is -0.493 e. The summed E-state index contributed by atoms with van der Waals surface area (Å²) >= 11 is 0. The molecule has 1 heterocycles. The first kappa shape index (κ1) is 25.5. The van der Waals surface area contributed by atoms with E-state index in [1.807, 2.05) is 0 Å². The second-order valence-corrected chi connectivity index (χ2v) is 8.18. The molecule has 0 fully saturated rings. The molecule has 3 N–H and O–H groups in total. The Morgan fingerprint density at radius 3 is 2.57 bits per heavy atom. The number of fused-ring (bicyclic) bond motifs is 1. The van der Waals surface area contributed by atoms with E-state index in [1.54, 1.807) is 57.2 Å². The molecule has 10 heteroatoms. The number of hydrogen-bond acceptors (Lipinski definition) is 7. The molecule has 0 saturated carbocycles. The molecule has 10 nitrogen and oxygen atoms in total. The van der Waals surface area contributed by atoms with Crippen LogP contribution >= 0.6 is 0 Å². The molecule has 0 spiro atoms. The van der Waals surface area contributed by atoms with Crippen LogP contribution in [-0.2, 0) is 19.2 Å². The summed E-state index contributed by atoms with van der Waals surface area (Å²) in [6, 6.07) is 10.6. The zero-order valence-corrected chi connectivity index (χ0v) is 20.0. The van der Waals surface area contributed by atoms with Gasteiger partial charge >= 0.3 is 5.97 Å². The standard InChI is InChI=1S/C25H28N3O7/c1-5-34-20-12-15(10-11-19(20)33-4)18(13-21(29)27-35-25(32)14(2)3)28-22(23(26)30)16-8-6-7-9-17(16)24(28)31/h6-8,10-12,14,18,22H,5,13H2,1-4H3,(H2,26,30)(H,27,29). The van der Waals surface area contributed by atoms with Crippen LogP contribution < -0.4 is 20.7 Å². The van der Waals surface area contributed by atoms with Gasteiger partial charge in [0.25, 0.3) is 11.8 Å². The van der Waals surface area contributed by atoms with Crippen molar-refractivity contribution in [2.75, 3.05) is 13.7 Å². The van der Waals surface area contributed by atoms with Crippen LogP contribution in [0.5, 0.6) is 11.5 Å². The van der Waals surface area contributed by atoms with E-state index in [0.29, 0.717) is 29.2 Å². The Hall–Kier alpha value is -4.08. The third-order valence-corrected chi connectivity index (χ3v) is 5.50. The monoisotopic (exact) mass is 482 g/mol. The Balaban J connectivity index is 2.04. The minimum atomic E-state index is -1.12. The van der Waals surface area contributed by atoms with Crippen LogP contribution in [0.15, 0.2) is 36.4 Å². The number of rotatable bonds is 9. The Kier molecular flexibility index (Phi) is 7.95. The number of hydroxylamine groups is 1. The first-order chi connectivity index (χ1) is 16.7. The third-order valence-electron chi connectivity index (χ3n) is 5.50. The number of hydrogen-bond donors (Lipinski definition) is 2. The Bertz CT molecular complexity index is 1130. The number of benzene rings is 2. The van der Waals surface area contributed by atoms with Gasteiger partial charge in [0, 0.05) is 0 Å². The quantitative estimate of drug-likeness (QED) is 0.523. The molecule has 2 unspecified atom stereocenters. The van der Waals surface area contributed by atoms with Crippen LogP contribution in [-0.4, -0.2) is 42.3 Å². The fourth-order valence-corrected chi connectivity index (χ4v) is 3.86. The lowest BCUT2D eigenvalue weighted by Gasteiger charge is -2.32. The molecule has 185 valence electrons. The summed E-state index contributed by atoms with van der Waals surface area (Å²) in [7, 11) is 1.49. The smallest absolute Gasteiger partial charge is 0.334 e. The van der Waals surface area contributed by atoms with Gasteiger partial charge in [-0.2, -0.15) is 5.48 Å². The molecule has 0 aliphatic carbocycles. The molecule has 2 atom stereocenters. The van der Waals surface area contributed by atoms with Gasteiger partial charge in [-0.05, 0) is 36.2 Å². The van der Waals surface area contributed by atoms with Crippen molar-refractivity contribution >= 4 is 23.7 Å². The van der Waals surface area contributed by atoms with E-state index in [2.05, 4.69) is 11.5 Å². The summed E-state index contributed by atoms with van der Waals surface area (Å²) in [5, 5.41) is 0. The summed E-state index contributed by atoms with van der Waals surface area (Å²) in [6.45, 7) is 5.40. The van der Waals surface area contributed by atoms with Gasteiger partial charge in [-0.3, -0.25) is 14.4 Å². The normalized spacial score (nSPS) is 15.4. The van der Waals surface area contributed by atoms with Gasteiger partial charge in [0.2, 0.25) is 5.91 Å². The first-order valence-corrected chi connectivity index (χ1v) is 11.1. The van der Waals surface area contributed by atoms with Gasteiger partial charge in [0.1, 0.15) is 6.04 Å². The zero-order valence-electron chi connectivity index (χ0n) is 20.0. The van der Waals surface area contributed by atoms with Gasteiger partial charge in [-0.15, -0.1) is 0 Å². The highest BCUT2D eigenvalue weighted by atomic mass is 16.7. The highest BCUT2D eigenvalue weighted by Crippen LogP contribution is 2.42. The fourth-order valence-electron chi connectivity index (χ4n) is 3.86. The minimum absolute atomic E-state index is 0.200. The summed E-state index contributed by atoms with van der Waals surface area (Å²) < 4.78 is 11.0. The maximum atomic E-state index is 13.4. The van der Waals surface area contributed by atoms with Gasteiger partial charge < -0.3 is 24.9 Å². The first-order valence-electron chi connectivity index (χ1n) is 11.1. The van der Waals surface area contributed by atoms with E-state index in [1.165, 1.54) is 12.0 Å². The number of ether oxygens (including phenoxy) is 2. The van der Waals surface area contributed by atoms with E-state index in [9.17, 15) is 19.2 Å². The molecule has 1 radical (unpaired) electrons.